The van der Waals surface area contributed by atoms with Gasteiger partial charge in [-0.1, -0.05) is 288 Å². The lowest BCUT2D eigenvalue weighted by molar-refractivity contribution is -0.123. The molecule has 0 bridgehead atoms. The number of aliphatic hydroxyl groups excluding tert-OH is 2. The summed E-state index contributed by atoms with van der Waals surface area (Å²) in [6.45, 7) is 4.33. The average molecular weight is 857 g/mol. The number of aliphatic hydroxyl groups is 2. The third-order valence-electron chi connectivity index (χ3n) is 12.9. The Morgan fingerprint density at radius 3 is 0.951 bits per heavy atom. The largest absolute Gasteiger partial charge is 0.394 e. The summed E-state index contributed by atoms with van der Waals surface area (Å²) in [6, 6.07) is -0.644. The molecule has 0 fully saturated rings. The zero-order valence-corrected chi connectivity index (χ0v) is 41.4. The van der Waals surface area contributed by atoms with Crippen molar-refractivity contribution in [3.63, 3.8) is 0 Å². The SMILES string of the molecule is CCCCCCCCCCCCCCCCCCCCC/C=C/CC/C=C/CC/C=C/C(O)C(CO)NC(=O)CCCCCCCCCCCCCCCCCCCCCC. The van der Waals surface area contributed by atoms with Crippen molar-refractivity contribution in [2.24, 2.45) is 0 Å². The van der Waals surface area contributed by atoms with Crippen LogP contribution in [0.25, 0.3) is 0 Å². The minimum Gasteiger partial charge on any atom is -0.394 e. The van der Waals surface area contributed by atoms with Crippen molar-refractivity contribution < 1.29 is 15.0 Å². The summed E-state index contributed by atoms with van der Waals surface area (Å²) in [5.74, 6) is -0.0727. The van der Waals surface area contributed by atoms with Gasteiger partial charge in [0, 0.05) is 6.42 Å². The Kier molecular flexibility index (Phi) is 51.7. The van der Waals surface area contributed by atoms with E-state index >= 15 is 0 Å². The summed E-state index contributed by atoms with van der Waals surface area (Å²) in [5, 5.41) is 23.1. The van der Waals surface area contributed by atoms with Crippen LogP contribution < -0.4 is 5.32 Å². The molecule has 2 atom stereocenters. The summed E-state index contributed by atoms with van der Waals surface area (Å²) >= 11 is 0. The van der Waals surface area contributed by atoms with E-state index in [-0.39, 0.29) is 12.5 Å². The lowest BCUT2D eigenvalue weighted by Crippen LogP contribution is -2.45. The Morgan fingerprint density at radius 1 is 0.377 bits per heavy atom. The molecular formula is C57H109NO3. The molecule has 1 amide bonds. The van der Waals surface area contributed by atoms with Crippen LogP contribution in [0.4, 0.5) is 0 Å². The third-order valence-corrected chi connectivity index (χ3v) is 12.9. The van der Waals surface area contributed by atoms with Crippen LogP contribution in [-0.2, 0) is 4.79 Å². The number of amides is 1. The number of allylic oxidation sites excluding steroid dienone is 5. The second-order valence-corrected chi connectivity index (χ2v) is 19.0. The van der Waals surface area contributed by atoms with Crippen molar-refractivity contribution in [1.82, 2.24) is 5.32 Å². The monoisotopic (exact) mass is 856 g/mol. The van der Waals surface area contributed by atoms with Crippen molar-refractivity contribution >= 4 is 5.91 Å². The maximum atomic E-state index is 12.4. The van der Waals surface area contributed by atoms with E-state index in [2.05, 4.69) is 43.5 Å². The zero-order valence-electron chi connectivity index (χ0n) is 41.4. The van der Waals surface area contributed by atoms with Gasteiger partial charge < -0.3 is 15.5 Å². The van der Waals surface area contributed by atoms with Gasteiger partial charge in [-0.2, -0.15) is 0 Å². The molecule has 0 heterocycles. The molecule has 0 aromatic heterocycles. The second kappa shape index (κ2) is 53.0. The van der Waals surface area contributed by atoms with Gasteiger partial charge >= 0.3 is 0 Å². The Morgan fingerprint density at radius 2 is 0.639 bits per heavy atom. The van der Waals surface area contributed by atoms with Crippen LogP contribution in [0.3, 0.4) is 0 Å². The van der Waals surface area contributed by atoms with Gasteiger partial charge in [0.05, 0.1) is 18.8 Å². The molecule has 0 aliphatic rings. The van der Waals surface area contributed by atoms with Crippen molar-refractivity contribution in [2.75, 3.05) is 6.61 Å². The molecule has 0 aromatic carbocycles. The Bertz CT molecular complexity index is 928. The van der Waals surface area contributed by atoms with Gasteiger partial charge in [0.2, 0.25) is 5.91 Å². The van der Waals surface area contributed by atoms with E-state index in [9.17, 15) is 15.0 Å². The highest BCUT2D eigenvalue weighted by atomic mass is 16.3. The van der Waals surface area contributed by atoms with Gasteiger partial charge in [-0.3, -0.25) is 4.79 Å². The summed E-state index contributed by atoms with van der Waals surface area (Å²) < 4.78 is 0. The lowest BCUT2D eigenvalue weighted by Gasteiger charge is -2.19. The molecule has 0 rings (SSSR count). The van der Waals surface area contributed by atoms with Gasteiger partial charge in [-0.25, -0.2) is 0 Å². The summed E-state index contributed by atoms with van der Waals surface area (Å²) in [7, 11) is 0. The molecule has 0 aliphatic heterocycles. The fourth-order valence-electron chi connectivity index (χ4n) is 8.63. The van der Waals surface area contributed by atoms with Gasteiger partial charge in [-0.05, 0) is 44.9 Å². The van der Waals surface area contributed by atoms with Gasteiger partial charge in [0.15, 0.2) is 0 Å². The van der Waals surface area contributed by atoms with Crippen LogP contribution in [-0.4, -0.2) is 34.9 Å². The molecule has 61 heavy (non-hydrogen) atoms. The highest BCUT2D eigenvalue weighted by Gasteiger charge is 2.18. The smallest absolute Gasteiger partial charge is 0.220 e. The molecule has 4 nitrogen and oxygen atoms in total. The predicted octanol–water partition coefficient (Wildman–Crippen LogP) is 18.1. The molecule has 360 valence electrons. The van der Waals surface area contributed by atoms with E-state index in [4.69, 9.17) is 0 Å². The van der Waals surface area contributed by atoms with Gasteiger partial charge in [-0.15, -0.1) is 0 Å². The van der Waals surface area contributed by atoms with E-state index in [0.29, 0.717) is 6.42 Å². The Balaban J connectivity index is 3.54. The quantitative estimate of drug-likeness (QED) is 0.0422. The maximum Gasteiger partial charge on any atom is 0.220 e. The van der Waals surface area contributed by atoms with Crippen LogP contribution in [0.5, 0.6) is 0 Å². The Labute approximate surface area is 382 Å². The second-order valence-electron chi connectivity index (χ2n) is 19.0. The first kappa shape index (κ1) is 59.6. The number of carbonyl (C=O) groups excluding carboxylic acids is 1. The molecule has 3 N–H and O–H groups in total. The maximum absolute atomic E-state index is 12.4. The molecule has 2 unspecified atom stereocenters. The number of nitrogens with one attached hydrogen (secondary N) is 1. The van der Waals surface area contributed by atoms with Crippen LogP contribution in [0.15, 0.2) is 36.5 Å². The average Bonchev–Trinajstić information content (AvgIpc) is 3.26. The van der Waals surface area contributed by atoms with Crippen molar-refractivity contribution in [2.45, 2.75) is 315 Å². The summed E-state index contributed by atoms with van der Waals surface area (Å²) in [6.07, 6.45) is 71.7. The number of carbonyl (C=O) groups is 1. The molecule has 4 heteroatoms. The van der Waals surface area contributed by atoms with E-state index in [1.54, 1.807) is 6.08 Å². The first-order valence-corrected chi connectivity index (χ1v) is 27.7. The summed E-state index contributed by atoms with van der Waals surface area (Å²) in [5.41, 5.74) is 0. The van der Waals surface area contributed by atoms with Crippen LogP contribution in [0, 0.1) is 0 Å². The van der Waals surface area contributed by atoms with Crippen molar-refractivity contribution in [3.8, 4) is 0 Å². The first-order valence-electron chi connectivity index (χ1n) is 27.7. The number of unbranched alkanes of at least 4 members (excludes halogenated alkanes) is 40. The van der Waals surface area contributed by atoms with E-state index in [0.717, 1.165) is 38.5 Å². The van der Waals surface area contributed by atoms with Crippen LogP contribution >= 0.6 is 0 Å². The molecule has 0 spiro atoms. The topological polar surface area (TPSA) is 69.6 Å². The number of hydrogen-bond donors (Lipinski definition) is 3. The molecular weight excluding hydrogens is 747 g/mol. The van der Waals surface area contributed by atoms with Crippen molar-refractivity contribution in [1.29, 1.82) is 0 Å². The molecule has 0 saturated heterocycles. The summed E-state index contributed by atoms with van der Waals surface area (Å²) in [4.78, 5) is 12.4. The standard InChI is InChI=1S/C57H109NO3/c1-3-5-7-9-11-13-15-17-19-21-23-25-26-27-28-29-30-31-32-33-34-36-38-40-42-44-46-48-50-52-56(60)55(54-59)58-57(61)53-51-49-47-45-43-41-39-37-35-24-22-20-18-16-14-12-10-8-6-4-2/h34,36,42,44,50,52,55-56,59-60H,3-33,35,37-41,43,45-49,51,53-54H2,1-2H3,(H,58,61)/b36-34+,44-42+,52-50+. The Hall–Kier alpha value is -1.39. The normalized spacial score (nSPS) is 13.0. The third kappa shape index (κ3) is 49.5. The zero-order chi connectivity index (χ0) is 44.2. The van der Waals surface area contributed by atoms with Crippen LogP contribution in [0.1, 0.15) is 303 Å². The van der Waals surface area contributed by atoms with E-state index in [1.165, 1.54) is 244 Å². The molecule has 0 saturated carbocycles. The fourth-order valence-corrected chi connectivity index (χ4v) is 8.63. The lowest BCUT2D eigenvalue weighted by atomic mass is 10.0. The van der Waals surface area contributed by atoms with Crippen molar-refractivity contribution in [3.05, 3.63) is 36.5 Å². The van der Waals surface area contributed by atoms with Crippen LogP contribution in [0.2, 0.25) is 0 Å². The minimum atomic E-state index is -0.869. The molecule has 0 radical (unpaired) electrons. The first-order chi connectivity index (χ1) is 30.2. The highest BCUT2D eigenvalue weighted by Crippen LogP contribution is 2.17. The highest BCUT2D eigenvalue weighted by molar-refractivity contribution is 5.76. The molecule has 0 aromatic rings. The predicted molar refractivity (Wildman–Crippen MR) is 272 cm³/mol. The fraction of sp³-hybridized carbons (Fsp3) is 0.877. The van der Waals surface area contributed by atoms with Gasteiger partial charge in [0.1, 0.15) is 0 Å². The van der Waals surface area contributed by atoms with E-state index < -0.39 is 12.1 Å². The number of hydrogen-bond acceptors (Lipinski definition) is 3. The minimum absolute atomic E-state index is 0.0727. The molecule has 0 aliphatic carbocycles. The number of rotatable bonds is 51. The van der Waals surface area contributed by atoms with Gasteiger partial charge in [0.25, 0.3) is 0 Å². The van der Waals surface area contributed by atoms with E-state index in [1.807, 2.05) is 6.08 Å².